The van der Waals surface area contributed by atoms with E-state index in [-0.39, 0.29) is 53.5 Å². The number of fused-ring (bicyclic) bond motifs is 1. The number of carbonyl (C=O) groups is 3. The predicted molar refractivity (Wildman–Crippen MR) is 549 cm³/mol. The average Bonchev–Trinajstić information content (AvgIpc) is 1.67. The molecule has 0 radical (unpaired) electrons. The van der Waals surface area contributed by atoms with Gasteiger partial charge < -0.3 is 24.8 Å². The highest BCUT2D eigenvalue weighted by Crippen LogP contribution is 2.33. The molecule has 5 N–H and O–H groups in total. The van der Waals surface area contributed by atoms with E-state index in [2.05, 4.69) is 153 Å². The highest BCUT2D eigenvalue weighted by Gasteiger charge is 2.25. The van der Waals surface area contributed by atoms with Gasteiger partial charge in [0.2, 0.25) is 37.9 Å². The molecule has 728 valence electrons. The Morgan fingerprint density at radius 1 is 0.366 bits per heavy atom. The maximum atomic E-state index is 12.1. The maximum absolute atomic E-state index is 12.1. The number of methoxy groups -OCH3 is 1. The Kier molecular flexibility index (Phi) is 30.6. The fourth-order valence-electron chi connectivity index (χ4n) is 13.5. The minimum atomic E-state index is -3.57. The number of anilines is 6. The molecule has 145 heavy (non-hydrogen) atoms. The molecule has 8 aromatic carbocycles. The molecule has 12 aromatic heterocycles. The number of urea groups is 2. The number of nitrogens with zero attached hydrogens (tertiary/aromatic N) is 31. The summed E-state index contributed by atoms with van der Waals surface area (Å²) in [6.45, 7) is 5.09. The number of rotatable bonds is 23. The molecular weight excluding hydrogens is 1910 g/mol. The van der Waals surface area contributed by atoms with Gasteiger partial charge in [-0.25, -0.2) is 51.3 Å². The molecule has 0 fully saturated rings. The molecule has 44 nitrogen and oxygen atoms in total. The number of ether oxygens (including phenoxy) is 1. The molecule has 12 heterocycles. The first-order valence-corrected chi connectivity index (χ1v) is 48.6. The quantitative estimate of drug-likeness (QED) is 0.0397. The minimum absolute atomic E-state index is 0.0119. The summed E-state index contributed by atoms with van der Waals surface area (Å²) in [5, 5.41) is 33.5. The average molecular weight is 2000 g/mol. The Hall–Kier alpha value is -19.1. The number of amides is 5. The van der Waals surface area contributed by atoms with Crippen molar-refractivity contribution >= 4 is 95.3 Å². The third kappa shape index (κ3) is 25.3. The number of aryl methyl sites for hydroxylation is 2. The van der Waals surface area contributed by atoms with E-state index in [1.807, 2.05) is 239 Å². The van der Waals surface area contributed by atoms with E-state index in [0.29, 0.717) is 93.2 Å². The molecule has 47 heteroatoms. The standard InChI is InChI=1S/C25H20N6O2S.C22H17N7O2S.C22H21N7O2.C17H15N9OS.C12H17N7O/c1-34(32,33)30-22-16-17-26-31(22)25-28-23(20-10-6-3-7-11-20)27-24(29-25)21-14-12-19(13-15-21)18-8-4-2-5-9-18;1-32(30,31)28-21-23-14-24-29(21)22-26-19(16-8-3-2-4-9-16)25-20(27-22)18-12-11-15-7-5-6-10-17(15)13-18;1-28(2)22(30)24-18-12-13-23-29(18)21-26-19(15-8-5-4-6-9-15)25-20(27-21)16-10-7-11-17(14-16)31-3;1-25(2)17(27)21-13-5-6-20-26(13)16-23-14(11-10-18-7-8-19-11)22-15(24-16)12-4-3-9-28-12;1-7-6-13-19(10(7)16-9(3)20)12-15-8(2)14-11(17-12)18(4)5/h2-17,30H,1H3;2-14H,1H3,(H,23,24,28);4-14H,1-3H3,(H,24,30);3-10H,1-2H3,(H,21,27);6H,1-5H3,(H,16,20). The van der Waals surface area contributed by atoms with Gasteiger partial charge in [0, 0.05) is 119 Å². The lowest BCUT2D eigenvalue weighted by molar-refractivity contribution is -0.114. The van der Waals surface area contributed by atoms with Gasteiger partial charge in [-0.1, -0.05) is 200 Å². The van der Waals surface area contributed by atoms with Crippen LogP contribution in [0.3, 0.4) is 0 Å². The molecule has 0 aliphatic carbocycles. The summed E-state index contributed by atoms with van der Waals surface area (Å²) in [7, 11) is 4.85. The number of benzene rings is 8. The number of hydrogen-bond donors (Lipinski definition) is 5. The first-order valence-electron chi connectivity index (χ1n) is 44.0. The van der Waals surface area contributed by atoms with Crippen molar-refractivity contribution in [3.63, 3.8) is 0 Å². The van der Waals surface area contributed by atoms with E-state index in [4.69, 9.17) is 4.74 Å². The van der Waals surface area contributed by atoms with Crippen LogP contribution in [0.4, 0.5) is 44.8 Å². The molecule has 20 rings (SSSR count). The van der Waals surface area contributed by atoms with Crippen LogP contribution >= 0.6 is 11.3 Å². The van der Waals surface area contributed by atoms with Gasteiger partial charge in [0.05, 0.1) is 55.5 Å². The van der Waals surface area contributed by atoms with Crippen molar-refractivity contribution in [2.24, 2.45) is 0 Å². The van der Waals surface area contributed by atoms with Gasteiger partial charge >= 0.3 is 12.1 Å². The van der Waals surface area contributed by atoms with Crippen LogP contribution in [0.5, 0.6) is 5.75 Å². The van der Waals surface area contributed by atoms with Crippen LogP contribution < -0.4 is 35.0 Å². The summed E-state index contributed by atoms with van der Waals surface area (Å²) >= 11 is 1.51. The number of sulfonamides is 2. The fourth-order valence-corrected chi connectivity index (χ4v) is 15.2. The summed E-state index contributed by atoms with van der Waals surface area (Å²) < 4.78 is 64.2. The summed E-state index contributed by atoms with van der Waals surface area (Å²) in [5.41, 5.74) is 8.32. The lowest BCUT2D eigenvalue weighted by Gasteiger charge is -2.13. The van der Waals surface area contributed by atoms with Crippen LogP contribution in [0.1, 0.15) is 18.3 Å². The Balaban J connectivity index is 0.000000131. The smallest absolute Gasteiger partial charge is 0.322 e. The lowest BCUT2D eigenvalue weighted by Crippen LogP contribution is -2.28. The second kappa shape index (κ2) is 44.8. The molecule has 0 saturated carbocycles. The van der Waals surface area contributed by atoms with Crippen molar-refractivity contribution < 1.29 is 36.0 Å². The Bertz CT molecular complexity index is 8190. The maximum Gasteiger partial charge on any atom is 0.322 e. The van der Waals surface area contributed by atoms with Gasteiger partial charge in [0.1, 0.15) is 46.9 Å². The van der Waals surface area contributed by atoms with Crippen molar-refractivity contribution in [2.75, 3.05) is 92.2 Å². The van der Waals surface area contributed by atoms with Gasteiger partial charge in [-0.05, 0) is 65.4 Å². The summed E-state index contributed by atoms with van der Waals surface area (Å²) in [4.78, 5) is 121. The predicted octanol–water partition coefficient (Wildman–Crippen LogP) is 14.3. The van der Waals surface area contributed by atoms with Crippen LogP contribution in [0.15, 0.2) is 298 Å². The largest absolute Gasteiger partial charge is 0.497 e. The number of aromatic nitrogens is 28. The monoisotopic (exact) mass is 1990 g/mol. The first-order chi connectivity index (χ1) is 70.0. The Morgan fingerprint density at radius 3 is 1.30 bits per heavy atom. The highest BCUT2D eigenvalue weighted by atomic mass is 32.2. The van der Waals surface area contributed by atoms with Crippen LogP contribution in [0.25, 0.3) is 142 Å². The number of thiophene rings is 1. The molecule has 0 aliphatic heterocycles. The van der Waals surface area contributed by atoms with E-state index in [1.165, 1.54) is 64.0 Å². The Labute approximate surface area is 833 Å². The normalized spacial score (nSPS) is 11.0. The van der Waals surface area contributed by atoms with Crippen molar-refractivity contribution in [1.29, 1.82) is 0 Å². The number of hydrogen-bond acceptors (Lipinski definition) is 33. The molecule has 0 saturated heterocycles. The molecule has 0 unspecified atom stereocenters. The zero-order valence-corrected chi connectivity index (χ0v) is 82.1. The van der Waals surface area contributed by atoms with E-state index >= 15 is 0 Å². The van der Waals surface area contributed by atoms with Crippen LogP contribution in [-0.2, 0) is 24.8 Å². The molecule has 5 amide bonds. The topological polar surface area (TPSA) is 520 Å². The van der Waals surface area contributed by atoms with Crippen LogP contribution in [0, 0.1) is 13.8 Å². The minimum Gasteiger partial charge on any atom is -0.497 e. The summed E-state index contributed by atoms with van der Waals surface area (Å²) in [5.74, 6) is 8.13. The molecule has 0 aliphatic rings. The van der Waals surface area contributed by atoms with Gasteiger partial charge in [-0.3, -0.25) is 29.9 Å². The second-order valence-electron chi connectivity index (χ2n) is 32.0. The zero-order valence-electron chi connectivity index (χ0n) is 79.6. The summed E-state index contributed by atoms with van der Waals surface area (Å²) in [6, 6.07) is 76.2. The molecule has 0 bridgehead atoms. The summed E-state index contributed by atoms with van der Waals surface area (Å²) in [6.07, 6.45) is 14.3. The van der Waals surface area contributed by atoms with E-state index in [0.717, 1.165) is 78.2 Å². The van der Waals surface area contributed by atoms with Crippen molar-refractivity contribution in [1.82, 2.24) is 148 Å². The molecule has 0 spiro atoms. The van der Waals surface area contributed by atoms with Crippen molar-refractivity contribution in [3.05, 3.63) is 309 Å². The first kappa shape index (κ1) is 99.0. The number of carbonyl (C=O) groups excluding carboxylic acids is 3. The lowest BCUT2D eigenvalue weighted by atomic mass is 10.0. The van der Waals surface area contributed by atoms with Gasteiger partial charge in [0.25, 0.3) is 29.7 Å². The highest BCUT2D eigenvalue weighted by molar-refractivity contribution is 7.92. The fraction of sp³-hybridized carbons (Fsp3) is 0.122. The molecular formula is C98H90N36O8S3. The molecule has 20 aromatic rings. The van der Waals surface area contributed by atoms with Crippen molar-refractivity contribution in [2.45, 2.75) is 20.8 Å². The SMILES string of the molecule is CC(=O)Nc1c(C)cnn1-c1nc(C)nc(N(C)C)n1.CN(C)C(=O)Nc1ccnn1-c1nc(-c2cnccn2)nc(-c2cccs2)n1.COc1cccc(-c2nc(-c3ccccc3)nc(-n3nccc3NC(=O)N(C)C)n2)c1.CS(=O)(=O)Nc1ccnn1-c1nc(-c2ccccc2)nc(-c2ccc(-c3ccccc3)cc2)n1.CS(=O)(=O)Nc1ncnn1-c1nc(-c2ccccc2)nc(-c2ccc3ccccc3c2)n1. The Morgan fingerprint density at radius 2 is 0.807 bits per heavy atom. The third-order valence-electron chi connectivity index (χ3n) is 20.4. The van der Waals surface area contributed by atoms with Crippen LogP contribution in [0.2, 0.25) is 0 Å². The van der Waals surface area contributed by atoms with Crippen molar-refractivity contribution in [3.8, 4) is 137 Å². The van der Waals surface area contributed by atoms with Crippen LogP contribution in [-0.4, -0.2) is 245 Å². The van der Waals surface area contributed by atoms with E-state index in [9.17, 15) is 31.2 Å². The van der Waals surface area contributed by atoms with E-state index in [1.54, 1.807) is 103 Å². The zero-order chi connectivity index (χ0) is 102. The number of nitrogens with one attached hydrogen (secondary N) is 5. The van der Waals surface area contributed by atoms with Gasteiger partial charge in [-0.2, -0.15) is 109 Å². The molecule has 0 atom stereocenters. The van der Waals surface area contributed by atoms with Gasteiger partial charge in [-0.15, -0.1) is 11.3 Å². The third-order valence-corrected chi connectivity index (χ3v) is 22.4. The van der Waals surface area contributed by atoms with E-state index < -0.39 is 20.0 Å². The van der Waals surface area contributed by atoms with Gasteiger partial charge in [0.15, 0.2) is 46.6 Å². The second-order valence-corrected chi connectivity index (χ2v) is 36.4.